The average molecular weight is 318 g/mol. The summed E-state index contributed by atoms with van der Waals surface area (Å²) in [6.45, 7) is 2.15. The zero-order chi connectivity index (χ0) is 16.4. The van der Waals surface area contributed by atoms with Crippen molar-refractivity contribution in [2.24, 2.45) is 0 Å². The lowest BCUT2D eigenvalue weighted by atomic mass is 9.99. The number of aromatic nitrogens is 1. The van der Waals surface area contributed by atoms with E-state index < -0.39 is 0 Å². The molecule has 4 rings (SSSR count). The van der Waals surface area contributed by atoms with Gasteiger partial charge in [0, 0.05) is 35.2 Å². The van der Waals surface area contributed by atoms with Crippen molar-refractivity contribution < 1.29 is 0 Å². The maximum atomic E-state index is 5.82. The molecule has 0 saturated carbocycles. The molecule has 122 valence electrons. The lowest BCUT2D eigenvalue weighted by molar-refractivity contribution is 0.479. The summed E-state index contributed by atoms with van der Waals surface area (Å²) >= 11 is 0. The Hall–Kier alpha value is -2.59. The fraction of sp³-hybridized carbons (Fsp3) is 0.250. The molecule has 4 N–H and O–H groups in total. The highest BCUT2D eigenvalue weighted by Gasteiger charge is 2.14. The van der Waals surface area contributed by atoms with Crippen LogP contribution in [0.5, 0.6) is 0 Å². The molecule has 0 radical (unpaired) electrons. The third kappa shape index (κ3) is 3.05. The molecule has 0 spiro atoms. The maximum absolute atomic E-state index is 5.82. The highest BCUT2D eigenvalue weighted by molar-refractivity contribution is 5.97. The van der Waals surface area contributed by atoms with Crippen molar-refractivity contribution in [1.29, 1.82) is 0 Å². The van der Waals surface area contributed by atoms with Crippen molar-refractivity contribution in [3.05, 3.63) is 54.9 Å². The van der Waals surface area contributed by atoms with Crippen LogP contribution in [0.2, 0.25) is 0 Å². The van der Waals surface area contributed by atoms with E-state index in [0.717, 1.165) is 31.6 Å². The Morgan fingerprint density at radius 2 is 1.79 bits per heavy atom. The number of nitrogen functional groups attached to an aromatic ring is 1. The number of piperidine rings is 1. The zero-order valence-electron chi connectivity index (χ0n) is 13.6. The second-order valence-corrected chi connectivity index (χ2v) is 6.41. The number of nitrogens with two attached hydrogens (primary N) is 1. The Labute approximate surface area is 142 Å². The van der Waals surface area contributed by atoms with Crippen molar-refractivity contribution in [3.63, 3.8) is 0 Å². The topological polar surface area (TPSA) is 63.0 Å². The number of nitrogens with one attached hydrogen (secondary N) is 2. The molecule has 1 saturated heterocycles. The number of pyridine rings is 1. The minimum Gasteiger partial charge on any atom is -0.399 e. The lowest BCUT2D eigenvalue weighted by Crippen LogP contribution is -2.35. The van der Waals surface area contributed by atoms with Gasteiger partial charge in [0.05, 0.1) is 0 Å². The van der Waals surface area contributed by atoms with E-state index in [-0.39, 0.29) is 0 Å². The smallest absolute Gasteiger partial charge is 0.0443 e. The third-order valence-electron chi connectivity index (χ3n) is 4.70. The number of hydrogen-bond donors (Lipinski definition) is 3. The van der Waals surface area contributed by atoms with Crippen molar-refractivity contribution in [2.45, 2.75) is 18.9 Å². The van der Waals surface area contributed by atoms with Gasteiger partial charge in [0.25, 0.3) is 0 Å². The molecule has 0 amide bonds. The standard InChI is InChI=1S/C20H22N4/c21-17-3-1-14(2-4-17)16-11-15-5-8-23-13-19(15)20(12-16)24-18-6-9-22-10-7-18/h1-5,8,11-13,18,22,24H,6-7,9-10,21H2. The predicted molar refractivity (Wildman–Crippen MR) is 101 cm³/mol. The van der Waals surface area contributed by atoms with E-state index in [9.17, 15) is 0 Å². The van der Waals surface area contributed by atoms with Crippen molar-refractivity contribution in [2.75, 3.05) is 24.1 Å². The molecular weight excluding hydrogens is 296 g/mol. The van der Waals surface area contributed by atoms with Gasteiger partial charge in [-0.1, -0.05) is 12.1 Å². The van der Waals surface area contributed by atoms with Crippen molar-refractivity contribution in [3.8, 4) is 11.1 Å². The van der Waals surface area contributed by atoms with Gasteiger partial charge in [-0.15, -0.1) is 0 Å². The van der Waals surface area contributed by atoms with Crippen LogP contribution in [0.15, 0.2) is 54.9 Å². The molecule has 1 aliphatic rings. The van der Waals surface area contributed by atoms with Crippen molar-refractivity contribution in [1.82, 2.24) is 10.3 Å². The van der Waals surface area contributed by atoms with Gasteiger partial charge in [-0.3, -0.25) is 4.98 Å². The van der Waals surface area contributed by atoms with E-state index in [1.54, 1.807) is 0 Å². The third-order valence-corrected chi connectivity index (χ3v) is 4.70. The molecule has 3 aromatic rings. The molecule has 2 aromatic carbocycles. The summed E-state index contributed by atoms with van der Waals surface area (Å²) in [6.07, 6.45) is 6.09. The van der Waals surface area contributed by atoms with Gasteiger partial charge in [0.15, 0.2) is 0 Å². The minimum absolute atomic E-state index is 0.510. The molecule has 0 aliphatic carbocycles. The first-order chi connectivity index (χ1) is 11.8. The van der Waals surface area contributed by atoms with E-state index in [4.69, 9.17) is 5.73 Å². The van der Waals surface area contributed by atoms with Gasteiger partial charge in [0.2, 0.25) is 0 Å². The summed E-state index contributed by atoms with van der Waals surface area (Å²) in [5.41, 5.74) is 10.2. The summed E-state index contributed by atoms with van der Waals surface area (Å²) in [6, 6.07) is 15.1. The number of nitrogens with zero attached hydrogens (tertiary/aromatic N) is 1. The highest BCUT2D eigenvalue weighted by atomic mass is 15.0. The highest BCUT2D eigenvalue weighted by Crippen LogP contribution is 2.32. The first kappa shape index (κ1) is 15.0. The Balaban J connectivity index is 1.76. The van der Waals surface area contributed by atoms with E-state index >= 15 is 0 Å². The van der Waals surface area contributed by atoms with Crippen LogP contribution in [0.25, 0.3) is 21.9 Å². The lowest BCUT2D eigenvalue weighted by Gasteiger charge is -2.25. The first-order valence-electron chi connectivity index (χ1n) is 8.50. The van der Waals surface area contributed by atoms with Crippen LogP contribution in [0.3, 0.4) is 0 Å². The molecule has 0 unspecified atom stereocenters. The normalized spacial score (nSPS) is 15.5. The molecule has 0 bridgehead atoms. The van der Waals surface area contributed by atoms with Crippen LogP contribution in [0, 0.1) is 0 Å². The molecule has 2 heterocycles. The van der Waals surface area contributed by atoms with Crippen LogP contribution in [0.1, 0.15) is 12.8 Å². The van der Waals surface area contributed by atoms with Gasteiger partial charge in [-0.2, -0.15) is 0 Å². The summed E-state index contributed by atoms with van der Waals surface area (Å²) in [5, 5.41) is 9.54. The van der Waals surface area contributed by atoms with Crippen molar-refractivity contribution >= 4 is 22.1 Å². The van der Waals surface area contributed by atoms with Gasteiger partial charge < -0.3 is 16.4 Å². The summed E-state index contributed by atoms with van der Waals surface area (Å²) < 4.78 is 0. The fourth-order valence-electron chi connectivity index (χ4n) is 3.35. The largest absolute Gasteiger partial charge is 0.399 e. The molecule has 0 atom stereocenters. The molecule has 4 nitrogen and oxygen atoms in total. The Morgan fingerprint density at radius 1 is 1.00 bits per heavy atom. The summed E-state index contributed by atoms with van der Waals surface area (Å²) in [7, 11) is 0. The van der Waals surface area contributed by atoms with E-state index in [0.29, 0.717) is 6.04 Å². The van der Waals surface area contributed by atoms with Crippen LogP contribution >= 0.6 is 0 Å². The molecule has 1 aromatic heterocycles. The first-order valence-corrected chi connectivity index (χ1v) is 8.50. The number of anilines is 2. The quantitative estimate of drug-likeness (QED) is 0.645. The molecular formula is C20H22N4. The van der Waals surface area contributed by atoms with E-state index in [1.165, 1.54) is 27.6 Å². The van der Waals surface area contributed by atoms with E-state index in [2.05, 4.69) is 45.9 Å². The SMILES string of the molecule is Nc1ccc(-c2cc(NC3CCNCC3)c3cnccc3c2)cc1. The number of rotatable bonds is 3. The predicted octanol–water partition coefficient (Wildman–Crippen LogP) is 3.65. The van der Waals surface area contributed by atoms with Crippen LogP contribution in [-0.2, 0) is 0 Å². The van der Waals surface area contributed by atoms with Gasteiger partial charge >= 0.3 is 0 Å². The zero-order valence-corrected chi connectivity index (χ0v) is 13.6. The van der Waals surface area contributed by atoms with E-state index in [1.807, 2.05) is 24.5 Å². The fourth-order valence-corrected chi connectivity index (χ4v) is 3.35. The second kappa shape index (κ2) is 6.49. The molecule has 1 aliphatic heterocycles. The van der Waals surface area contributed by atoms with Gasteiger partial charge in [0.1, 0.15) is 0 Å². The maximum Gasteiger partial charge on any atom is 0.0443 e. The monoisotopic (exact) mass is 318 g/mol. The van der Waals surface area contributed by atoms with Gasteiger partial charge in [-0.25, -0.2) is 0 Å². The average Bonchev–Trinajstić information content (AvgIpc) is 2.63. The Morgan fingerprint density at radius 3 is 2.58 bits per heavy atom. The number of hydrogen-bond acceptors (Lipinski definition) is 4. The molecule has 24 heavy (non-hydrogen) atoms. The summed E-state index contributed by atoms with van der Waals surface area (Å²) in [5.74, 6) is 0. The van der Waals surface area contributed by atoms with Crippen LogP contribution in [-0.4, -0.2) is 24.1 Å². The molecule has 4 heteroatoms. The minimum atomic E-state index is 0.510. The number of benzene rings is 2. The van der Waals surface area contributed by atoms with Crippen LogP contribution in [0.4, 0.5) is 11.4 Å². The number of fused-ring (bicyclic) bond motifs is 1. The van der Waals surface area contributed by atoms with Crippen LogP contribution < -0.4 is 16.4 Å². The summed E-state index contributed by atoms with van der Waals surface area (Å²) in [4.78, 5) is 4.31. The second-order valence-electron chi connectivity index (χ2n) is 6.41. The Bertz CT molecular complexity index is 836. The Kier molecular flexibility index (Phi) is 4.05. The molecule has 1 fully saturated rings. The van der Waals surface area contributed by atoms with Gasteiger partial charge in [-0.05, 0) is 72.8 Å².